The van der Waals surface area contributed by atoms with E-state index in [9.17, 15) is 4.79 Å². The van der Waals surface area contributed by atoms with Crippen LogP contribution in [0.4, 0.5) is 0 Å². The van der Waals surface area contributed by atoms with Crippen molar-refractivity contribution in [2.75, 3.05) is 6.54 Å². The molecule has 1 rings (SSSR count). The minimum absolute atomic E-state index is 0.0648. The van der Waals surface area contributed by atoms with Crippen LogP contribution in [0.15, 0.2) is 9.21 Å². The summed E-state index contributed by atoms with van der Waals surface area (Å²) in [5, 5.41) is 14.5. The Balaban J connectivity index is 2.68. The van der Waals surface area contributed by atoms with E-state index < -0.39 is 11.9 Å². The van der Waals surface area contributed by atoms with Crippen LogP contribution in [0.2, 0.25) is 0 Å². The molecule has 7 heteroatoms. The molecule has 1 unspecified atom stereocenters. The lowest BCUT2D eigenvalue weighted by atomic mass is 10.4. The number of hydrogen-bond donors (Lipinski definition) is 3. The predicted molar refractivity (Wildman–Crippen MR) is 35.9 cm³/mol. The summed E-state index contributed by atoms with van der Waals surface area (Å²) in [6, 6.07) is 0. The molecule has 3 N–H and O–H groups in total. The van der Waals surface area contributed by atoms with Crippen molar-refractivity contribution in [2.45, 2.75) is 6.10 Å². The number of aromatic amines is 1. The van der Waals surface area contributed by atoms with Crippen LogP contribution in [0.1, 0.15) is 12.0 Å². The van der Waals surface area contributed by atoms with Crippen molar-refractivity contribution in [1.29, 1.82) is 0 Å². The summed E-state index contributed by atoms with van der Waals surface area (Å²) in [6.45, 7) is 0.0648. The first-order valence-electron chi connectivity index (χ1n) is 2.81. The van der Waals surface area contributed by atoms with E-state index in [0.717, 1.165) is 0 Å². The van der Waals surface area contributed by atoms with Crippen LogP contribution in [0.3, 0.4) is 0 Å². The highest BCUT2D eigenvalue weighted by atomic mass is 35.5. The van der Waals surface area contributed by atoms with Crippen molar-refractivity contribution >= 4 is 11.8 Å². The monoisotopic (exact) mass is 179 g/mol. The average Bonchev–Trinajstić information content (AvgIpc) is 2.36. The zero-order valence-electron chi connectivity index (χ0n) is 5.37. The average molecular weight is 180 g/mol. The van der Waals surface area contributed by atoms with Crippen molar-refractivity contribution in [3.8, 4) is 0 Å². The Kier molecular flexibility index (Phi) is 2.64. The summed E-state index contributed by atoms with van der Waals surface area (Å²) < 4.78 is 4.43. The maximum absolute atomic E-state index is 10.3. The number of hydrogen-bond acceptors (Lipinski definition) is 5. The zero-order valence-corrected chi connectivity index (χ0v) is 6.13. The van der Waals surface area contributed by atoms with E-state index >= 15 is 0 Å². The molecule has 0 fully saturated rings. The lowest BCUT2D eigenvalue weighted by Gasteiger charge is -2.00. The Morgan fingerprint density at radius 1 is 1.91 bits per heavy atom. The summed E-state index contributed by atoms with van der Waals surface area (Å²) >= 11 is 5.09. The molecule has 0 aliphatic carbocycles. The Morgan fingerprint density at radius 2 is 2.64 bits per heavy atom. The number of aliphatic hydroxyl groups is 1. The van der Waals surface area contributed by atoms with Crippen LogP contribution >= 0.6 is 11.8 Å². The zero-order chi connectivity index (χ0) is 8.27. The molecule has 0 saturated carbocycles. The fraction of sp³-hybridized carbons (Fsp3) is 0.500. The van der Waals surface area contributed by atoms with E-state index in [1.165, 1.54) is 0 Å². The first-order valence-corrected chi connectivity index (χ1v) is 3.19. The summed E-state index contributed by atoms with van der Waals surface area (Å²) in [4.78, 5) is 12.5. The van der Waals surface area contributed by atoms with Gasteiger partial charge in [0.1, 0.15) is 6.10 Å². The smallest absolute Gasteiger partial charge is 0.390 e. The van der Waals surface area contributed by atoms with Gasteiger partial charge >= 0.3 is 5.76 Å². The van der Waals surface area contributed by atoms with Crippen LogP contribution in [-0.2, 0) is 0 Å². The normalized spacial score (nSPS) is 13.3. The van der Waals surface area contributed by atoms with Crippen LogP contribution in [0.5, 0.6) is 0 Å². The second kappa shape index (κ2) is 3.51. The van der Waals surface area contributed by atoms with E-state index in [1.807, 2.05) is 5.10 Å². The second-order valence-corrected chi connectivity index (χ2v) is 2.07. The van der Waals surface area contributed by atoms with Gasteiger partial charge in [-0.25, -0.2) is 14.7 Å². The topological polar surface area (TPSA) is 91.2 Å². The second-order valence-electron chi connectivity index (χ2n) is 1.80. The molecule has 1 heterocycles. The minimum Gasteiger partial charge on any atom is -0.390 e. The fourth-order valence-corrected chi connectivity index (χ4v) is 0.690. The van der Waals surface area contributed by atoms with Crippen LogP contribution in [0, 0.1) is 0 Å². The molecule has 1 atom stereocenters. The molecule has 0 amide bonds. The number of H-pyrrole nitrogens is 1. The first kappa shape index (κ1) is 8.25. The molecule has 0 radical (unpaired) electrons. The number of halogens is 1. The molecule has 1 aromatic heterocycles. The largest absolute Gasteiger partial charge is 0.434 e. The summed E-state index contributed by atoms with van der Waals surface area (Å²) in [7, 11) is 0. The molecule has 0 bridgehead atoms. The number of aromatic nitrogens is 2. The van der Waals surface area contributed by atoms with Crippen molar-refractivity contribution in [3.05, 3.63) is 16.4 Å². The minimum atomic E-state index is -1.01. The van der Waals surface area contributed by atoms with Crippen molar-refractivity contribution < 1.29 is 9.52 Å². The van der Waals surface area contributed by atoms with Gasteiger partial charge in [0.05, 0.1) is 0 Å². The molecular formula is C4H6ClN3O3. The summed E-state index contributed by atoms with van der Waals surface area (Å²) in [6.07, 6.45) is -1.01. The van der Waals surface area contributed by atoms with Crippen LogP contribution in [0.25, 0.3) is 0 Å². The van der Waals surface area contributed by atoms with Gasteiger partial charge in [0, 0.05) is 6.54 Å². The predicted octanol–water partition coefficient (Wildman–Crippen LogP) is -0.860. The molecule has 6 nitrogen and oxygen atoms in total. The lowest BCUT2D eigenvalue weighted by molar-refractivity contribution is 0.146. The van der Waals surface area contributed by atoms with Crippen molar-refractivity contribution in [2.24, 2.45) is 0 Å². The van der Waals surface area contributed by atoms with E-state index in [1.54, 1.807) is 0 Å². The van der Waals surface area contributed by atoms with Crippen molar-refractivity contribution in [1.82, 2.24) is 15.0 Å². The lowest BCUT2D eigenvalue weighted by Crippen LogP contribution is -2.12. The van der Waals surface area contributed by atoms with Gasteiger partial charge in [0.2, 0.25) is 5.89 Å². The van der Waals surface area contributed by atoms with Gasteiger partial charge in [-0.1, -0.05) is 0 Å². The molecule has 0 aliphatic heterocycles. The highest BCUT2D eigenvalue weighted by molar-refractivity contribution is 6.13. The Bertz CT molecular complexity index is 270. The Labute approximate surface area is 66.3 Å². The molecule has 0 spiro atoms. The van der Waals surface area contributed by atoms with Gasteiger partial charge in [-0.2, -0.15) is 0 Å². The van der Waals surface area contributed by atoms with Gasteiger partial charge in [0.15, 0.2) is 0 Å². The van der Waals surface area contributed by atoms with Gasteiger partial charge in [-0.3, -0.25) is 0 Å². The number of nitrogens with zero attached hydrogens (tertiary/aromatic N) is 1. The molecule has 0 saturated heterocycles. The maximum atomic E-state index is 10.3. The van der Waals surface area contributed by atoms with E-state index in [0.29, 0.717) is 0 Å². The Morgan fingerprint density at radius 3 is 3.09 bits per heavy atom. The van der Waals surface area contributed by atoms with Crippen LogP contribution < -0.4 is 10.6 Å². The maximum Gasteiger partial charge on any atom is 0.434 e. The van der Waals surface area contributed by atoms with Gasteiger partial charge in [-0.05, 0) is 11.8 Å². The number of nitrogens with one attached hydrogen (secondary N) is 2. The third-order valence-electron chi connectivity index (χ3n) is 1.01. The van der Waals surface area contributed by atoms with E-state index in [4.69, 9.17) is 16.9 Å². The molecule has 0 aromatic carbocycles. The number of aliphatic hydroxyl groups excluding tert-OH is 1. The van der Waals surface area contributed by atoms with Crippen molar-refractivity contribution in [3.63, 3.8) is 0 Å². The summed E-state index contributed by atoms with van der Waals surface area (Å²) in [5.74, 6) is -0.781. The molecule has 1 aromatic rings. The van der Waals surface area contributed by atoms with Gasteiger partial charge in [0.25, 0.3) is 0 Å². The Hall–Kier alpha value is -0.850. The molecular weight excluding hydrogens is 174 g/mol. The standard InChI is InChI=1S/C4H6ClN3O3/c5-6-1-2(9)3-7-8-4(10)11-3/h2,6,9H,1H2,(H,8,10). The summed E-state index contributed by atoms with van der Waals surface area (Å²) in [5.41, 5.74) is 0. The fourth-order valence-electron chi connectivity index (χ4n) is 0.544. The van der Waals surface area contributed by atoms with Gasteiger partial charge < -0.3 is 9.52 Å². The third kappa shape index (κ3) is 2.04. The quantitative estimate of drug-likeness (QED) is 0.526. The highest BCUT2D eigenvalue weighted by Gasteiger charge is 2.12. The molecule has 0 aliphatic rings. The molecule has 11 heavy (non-hydrogen) atoms. The van der Waals surface area contributed by atoms with E-state index in [-0.39, 0.29) is 12.4 Å². The van der Waals surface area contributed by atoms with Gasteiger partial charge in [-0.15, -0.1) is 5.10 Å². The third-order valence-corrected chi connectivity index (χ3v) is 1.16. The van der Waals surface area contributed by atoms with Crippen LogP contribution in [-0.4, -0.2) is 21.8 Å². The van der Waals surface area contributed by atoms with E-state index in [2.05, 4.69) is 14.4 Å². The highest BCUT2D eigenvalue weighted by Crippen LogP contribution is 2.04. The SMILES string of the molecule is O=c1[nH]nc(C(O)CNCl)o1. The molecule has 62 valence electrons. The number of rotatable bonds is 3. The first-order chi connectivity index (χ1) is 5.24.